The highest BCUT2D eigenvalue weighted by Gasteiger charge is 2.10. The molecule has 5 heteroatoms. The van der Waals surface area contributed by atoms with Gasteiger partial charge in [-0.3, -0.25) is 0 Å². The lowest BCUT2D eigenvalue weighted by molar-refractivity contribution is 0.0814. The Hall–Kier alpha value is -0.870. The maximum atomic E-state index is 12.0. The molecule has 0 unspecified atom stereocenters. The van der Waals surface area contributed by atoms with Crippen LogP contribution in [0.1, 0.15) is 5.56 Å². The molecule has 0 spiro atoms. The lowest BCUT2D eigenvalue weighted by Gasteiger charge is -2.12. The number of para-hydroxylation sites is 1. The fraction of sp³-hybridized carbons (Fsp3) is 0.400. The molecule has 0 atom stereocenters. The summed E-state index contributed by atoms with van der Waals surface area (Å²) in [5, 5.41) is 3.26. The molecule has 0 radical (unpaired) electrons. The molecule has 84 valence electrons. The Balaban J connectivity index is 2.81. The van der Waals surface area contributed by atoms with Gasteiger partial charge in [0.1, 0.15) is 12.4 Å². The smallest absolute Gasteiger partial charge is 0.272 e. The van der Waals surface area contributed by atoms with Gasteiger partial charge in [0.2, 0.25) is 0 Å². The summed E-state index contributed by atoms with van der Waals surface area (Å²) in [4.78, 5) is 0. The molecule has 0 bridgehead atoms. The molecule has 15 heavy (non-hydrogen) atoms. The maximum Gasteiger partial charge on any atom is 0.272 e. The Kier molecular flexibility index (Phi) is 4.78. The van der Waals surface area contributed by atoms with Crippen molar-refractivity contribution < 1.29 is 13.5 Å². The highest BCUT2D eigenvalue weighted by Crippen LogP contribution is 2.28. The monoisotopic (exact) mass is 235 g/mol. The van der Waals surface area contributed by atoms with E-state index in [0.29, 0.717) is 17.3 Å². The molecular weight excluding hydrogens is 224 g/mol. The summed E-state index contributed by atoms with van der Waals surface area (Å²) in [5.41, 5.74) is 0.769. The summed E-state index contributed by atoms with van der Waals surface area (Å²) >= 11 is 5.85. The average molecular weight is 236 g/mol. The fourth-order valence-electron chi connectivity index (χ4n) is 1.19. The number of rotatable bonds is 5. The van der Waals surface area contributed by atoms with Crippen LogP contribution in [0.4, 0.5) is 8.78 Å². The Morgan fingerprint density at radius 3 is 2.80 bits per heavy atom. The van der Waals surface area contributed by atoms with Crippen molar-refractivity contribution in [3.8, 4) is 5.75 Å². The van der Waals surface area contributed by atoms with Crippen molar-refractivity contribution in [2.45, 2.75) is 13.0 Å². The van der Waals surface area contributed by atoms with E-state index in [-0.39, 0.29) is 0 Å². The van der Waals surface area contributed by atoms with E-state index in [1.807, 2.05) is 0 Å². The first kappa shape index (κ1) is 12.2. The normalized spacial score (nSPS) is 10.7. The van der Waals surface area contributed by atoms with E-state index >= 15 is 0 Å². The molecule has 0 aromatic heterocycles. The van der Waals surface area contributed by atoms with Crippen molar-refractivity contribution in [3.63, 3.8) is 0 Å². The second-order valence-electron chi connectivity index (χ2n) is 2.96. The second-order valence-corrected chi connectivity index (χ2v) is 3.37. The number of ether oxygens (including phenoxy) is 1. The van der Waals surface area contributed by atoms with Crippen LogP contribution in [0.5, 0.6) is 5.75 Å². The van der Waals surface area contributed by atoms with Gasteiger partial charge in [0.25, 0.3) is 6.43 Å². The topological polar surface area (TPSA) is 21.3 Å². The van der Waals surface area contributed by atoms with Gasteiger partial charge >= 0.3 is 0 Å². The maximum absolute atomic E-state index is 12.0. The molecule has 0 heterocycles. The Bertz CT molecular complexity index is 320. The average Bonchev–Trinajstić information content (AvgIpc) is 2.17. The van der Waals surface area contributed by atoms with Crippen molar-refractivity contribution in [2.75, 3.05) is 13.7 Å². The number of nitrogens with one attached hydrogen (secondary N) is 1. The first-order chi connectivity index (χ1) is 7.15. The van der Waals surface area contributed by atoms with E-state index in [9.17, 15) is 8.78 Å². The van der Waals surface area contributed by atoms with Gasteiger partial charge in [-0.15, -0.1) is 0 Å². The second kappa shape index (κ2) is 5.88. The molecule has 0 aliphatic rings. The van der Waals surface area contributed by atoms with Gasteiger partial charge in [-0.05, 0) is 13.1 Å². The van der Waals surface area contributed by atoms with E-state index < -0.39 is 13.0 Å². The van der Waals surface area contributed by atoms with E-state index in [4.69, 9.17) is 16.3 Å². The first-order valence-corrected chi connectivity index (χ1v) is 4.86. The molecule has 2 nitrogen and oxygen atoms in total. The summed E-state index contributed by atoms with van der Waals surface area (Å²) in [6, 6.07) is 5.15. The zero-order valence-corrected chi connectivity index (χ0v) is 9.02. The van der Waals surface area contributed by atoms with Crippen LogP contribution in [0.25, 0.3) is 0 Å². The zero-order valence-electron chi connectivity index (χ0n) is 8.27. The quantitative estimate of drug-likeness (QED) is 0.847. The summed E-state index contributed by atoms with van der Waals surface area (Å²) in [7, 11) is 1.76. The summed E-state index contributed by atoms with van der Waals surface area (Å²) in [6.45, 7) is -0.112. The van der Waals surface area contributed by atoms with Crippen LogP contribution in [0.2, 0.25) is 5.02 Å². The lowest BCUT2D eigenvalue weighted by Crippen LogP contribution is -2.11. The molecule has 0 amide bonds. The predicted molar refractivity (Wildman–Crippen MR) is 55.7 cm³/mol. The van der Waals surface area contributed by atoms with Gasteiger partial charge in [0.15, 0.2) is 0 Å². The van der Waals surface area contributed by atoms with Gasteiger partial charge in [0.05, 0.1) is 5.02 Å². The molecule has 0 saturated carbocycles. The highest BCUT2D eigenvalue weighted by atomic mass is 35.5. The van der Waals surface area contributed by atoms with E-state index in [1.54, 1.807) is 25.2 Å². The molecule has 0 aliphatic heterocycles. The zero-order chi connectivity index (χ0) is 11.3. The van der Waals surface area contributed by atoms with Gasteiger partial charge in [-0.25, -0.2) is 8.78 Å². The van der Waals surface area contributed by atoms with Crippen molar-refractivity contribution in [2.24, 2.45) is 0 Å². The number of alkyl halides is 2. The van der Waals surface area contributed by atoms with Crippen LogP contribution in [-0.2, 0) is 6.54 Å². The number of halogens is 3. The van der Waals surface area contributed by atoms with Crippen LogP contribution >= 0.6 is 11.6 Å². The Morgan fingerprint density at radius 1 is 1.47 bits per heavy atom. The number of benzene rings is 1. The lowest BCUT2D eigenvalue weighted by atomic mass is 10.2. The summed E-state index contributed by atoms with van der Waals surface area (Å²) in [5.74, 6) is 0.328. The molecule has 1 N–H and O–H groups in total. The van der Waals surface area contributed by atoms with E-state index in [0.717, 1.165) is 5.56 Å². The van der Waals surface area contributed by atoms with Gasteiger partial charge in [-0.1, -0.05) is 23.7 Å². The minimum Gasteiger partial charge on any atom is -0.486 e. The fourth-order valence-corrected chi connectivity index (χ4v) is 1.44. The number of hydrogen-bond acceptors (Lipinski definition) is 2. The molecule has 0 saturated heterocycles. The predicted octanol–water partition coefficient (Wildman–Crippen LogP) is 2.70. The third-order valence-electron chi connectivity index (χ3n) is 1.77. The SMILES string of the molecule is CNCc1cccc(Cl)c1OCC(F)F. The van der Waals surface area contributed by atoms with Crippen molar-refractivity contribution >= 4 is 11.6 Å². The van der Waals surface area contributed by atoms with Crippen LogP contribution < -0.4 is 10.1 Å². The molecular formula is C10H12ClF2NO. The first-order valence-electron chi connectivity index (χ1n) is 4.48. The molecule has 1 aromatic carbocycles. The minimum absolute atomic E-state index is 0.328. The van der Waals surface area contributed by atoms with Gasteiger partial charge < -0.3 is 10.1 Å². The highest BCUT2D eigenvalue weighted by molar-refractivity contribution is 6.32. The van der Waals surface area contributed by atoms with Crippen LogP contribution in [0, 0.1) is 0 Å². The third kappa shape index (κ3) is 3.64. The molecule has 1 aromatic rings. The summed E-state index contributed by atoms with van der Waals surface area (Å²) in [6.07, 6.45) is -2.50. The van der Waals surface area contributed by atoms with Crippen LogP contribution in [0.15, 0.2) is 18.2 Å². The van der Waals surface area contributed by atoms with Crippen molar-refractivity contribution in [1.29, 1.82) is 0 Å². The van der Waals surface area contributed by atoms with Crippen molar-refractivity contribution in [3.05, 3.63) is 28.8 Å². The van der Waals surface area contributed by atoms with Crippen molar-refractivity contribution in [1.82, 2.24) is 5.32 Å². The van der Waals surface area contributed by atoms with Gasteiger partial charge in [-0.2, -0.15) is 0 Å². The third-order valence-corrected chi connectivity index (χ3v) is 2.07. The minimum atomic E-state index is -2.50. The Morgan fingerprint density at radius 2 is 2.20 bits per heavy atom. The number of hydrogen-bond donors (Lipinski definition) is 1. The van der Waals surface area contributed by atoms with E-state index in [2.05, 4.69) is 5.32 Å². The molecule has 1 rings (SSSR count). The standard InChI is InChI=1S/C10H12ClF2NO/c1-14-5-7-3-2-4-8(11)10(7)15-6-9(12)13/h2-4,9,14H,5-6H2,1H3. The molecule has 0 aliphatic carbocycles. The summed E-state index contributed by atoms with van der Waals surface area (Å²) < 4.78 is 28.9. The van der Waals surface area contributed by atoms with Crippen LogP contribution in [0.3, 0.4) is 0 Å². The Labute approximate surface area is 92.2 Å². The van der Waals surface area contributed by atoms with E-state index in [1.165, 1.54) is 0 Å². The van der Waals surface area contributed by atoms with Gasteiger partial charge in [0, 0.05) is 12.1 Å². The molecule has 0 fully saturated rings. The van der Waals surface area contributed by atoms with Crippen LogP contribution in [-0.4, -0.2) is 20.1 Å². The largest absolute Gasteiger partial charge is 0.486 e.